The molecular weight excluding hydrogens is 386 g/mol. The molecule has 0 saturated heterocycles. The van der Waals surface area contributed by atoms with E-state index < -0.39 is 5.97 Å². The number of ether oxygens (including phenoxy) is 1. The van der Waals surface area contributed by atoms with Gasteiger partial charge in [0.05, 0.1) is 18.2 Å². The molecule has 0 aliphatic heterocycles. The summed E-state index contributed by atoms with van der Waals surface area (Å²) in [6.07, 6.45) is 1.67. The fraction of sp³-hybridized carbons (Fsp3) is 0.333. The van der Waals surface area contributed by atoms with E-state index in [1.54, 1.807) is 6.07 Å². The van der Waals surface area contributed by atoms with Crippen LogP contribution in [0.3, 0.4) is 0 Å². The van der Waals surface area contributed by atoms with Crippen molar-refractivity contribution in [1.82, 2.24) is 4.57 Å². The van der Waals surface area contributed by atoms with Crippen molar-refractivity contribution in [2.75, 3.05) is 7.11 Å². The van der Waals surface area contributed by atoms with Gasteiger partial charge in [0.15, 0.2) is 5.78 Å². The van der Waals surface area contributed by atoms with Crippen LogP contribution in [0.2, 0.25) is 5.02 Å². The van der Waals surface area contributed by atoms with Crippen LogP contribution < -0.4 is 0 Å². The number of ketones is 1. The van der Waals surface area contributed by atoms with Crippen LogP contribution in [0.5, 0.6) is 0 Å². The molecule has 29 heavy (non-hydrogen) atoms. The Morgan fingerprint density at radius 2 is 1.86 bits per heavy atom. The number of hydrogen-bond acceptors (Lipinski definition) is 3. The molecule has 0 atom stereocenters. The van der Waals surface area contributed by atoms with Crippen molar-refractivity contribution in [2.24, 2.45) is 5.92 Å². The molecule has 2 aromatic carbocycles. The van der Waals surface area contributed by atoms with Gasteiger partial charge in [0.2, 0.25) is 0 Å². The van der Waals surface area contributed by atoms with Gasteiger partial charge in [0.1, 0.15) is 0 Å². The van der Waals surface area contributed by atoms with Crippen molar-refractivity contribution in [3.8, 4) is 0 Å². The zero-order chi connectivity index (χ0) is 21.1. The molecule has 1 aromatic heterocycles. The zero-order valence-electron chi connectivity index (χ0n) is 17.3. The standard InChI is InChI=1S/C24H26ClNO3/c1-5-8-20-22(23(27)15(2)3)18-12-11-16(24(28)29-4)13-21(18)26(20)14-17-9-6-7-10-19(17)25/h6-7,9-13,15H,5,8,14H2,1-4H3. The van der Waals surface area contributed by atoms with Crippen molar-refractivity contribution in [2.45, 2.75) is 40.2 Å². The number of esters is 1. The highest BCUT2D eigenvalue weighted by atomic mass is 35.5. The van der Waals surface area contributed by atoms with Gasteiger partial charge in [0.25, 0.3) is 0 Å². The van der Waals surface area contributed by atoms with Crippen LogP contribution in [0.25, 0.3) is 10.9 Å². The van der Waals surface area contributed by atoms with Gasteiger partial charge >= 0.3 is 5.97 Å². The lowest BCUT2D eigenvalue weighted by Crippen LogP contribution is -2.12. The zero-order valence-corrected chi connectivity index (χ0v) is 18.0. The summed E-state index contributed by atoms with van der Waals surface area (Å²) in [7, 11) is 1.37. The fourth-order valence-electron chi connectivity index (χ4n) is 3.68. The van der Waals surface area contributed by atoms with E-state index >= 15 is 0 Å². The Hall–Kier alpha value is -2.59. The Bertz CT molecular complexity index is 1070. The van der Waals surface area contributed by atoms with Crippen molar-refractivity contribution in [3.05, 3.63) is 69.9 Å². The first-order chi connectivity index (χ1) is 13.9. The van der Waals surface area contributed by atoms with Crippen molar-refractivity contribution in [3.63, 3.8) is 0 Å². The summed E-state index contributed by atoms with van der Waals surface area (Å²) in [5, 5.41) is 1.55. The normalized spacial score (nSPS) is 11.2. The van der Waals surface area contributed by atoms with Crippen LogP contribution in [0.1, 0.15) is 59.2 Å². The smallest absolute Gasteiger partial charge is 0.337 e. The third kappa shape index (κ3) is 4.08. The molecule has 0 saturated carbocycles. The molecule has 3 rings (SSSR count). The molecule has 4 nitrogen and oxygen atoms in total. The average Bonchev–Trinajstić information content (AvgIpc) is 3.01. The van der Waals surface area contributed by atoms with Crippen LogP contribution in [-0.4, -0.2) is 23.4 Å². The topological polar surface area (TPSA) is 48.3 Å². The molecule has 152 valence electrons. The van der Waals surface area contributed by atoms with Gasteiger partial charge in [-0.1, -0.05) is 63.1 Å². The van der Waals surface area contributed by atoms with Crippen LogP contribution in [0, 0.1) is 5.92 Å². The number of halogens is 1. The van der Waals surface area contributed by atoms with Gasteiger partial charge in [-0.05, 0) is 30.2 Å². The number of aromatic nitrogens is 1. The molecular formula is C24H26ClNO3. The molecule has 5 heteroatoms. The maximum atomic E-state index is 13.1. The van der Waals surface area contributed by atoms with Crippen molar-refractivity contribution in [1.29, 1.82) is 0 Å². The number of fused-ring (bicyclic) bond motifs is 1. The quantitative estimate of drug-likeness (QED) is 0.358. The first-order valence-corrected chi connectivity index (χ1v) is 10.3. The van der Waals surface area contributed by atoms with Gasteiger partial charge in [0, 0.05) is 34.1 Å². The lowest BCUT2D eigenvalue weighted by atomic mass is 9.96. The summed E-state index contributed by atoms with van der Waals surface area (Å²) in [5.41, 5.74) is 4.02. The number of carbonyl (C=O) groups excluding carboxylic acids is 2. The largest absolute Gasteiger partial charge is 0.465 e. The summed E-state index contributed by atoms with van der Waals surface area (Å²) in [4.78, 5) is 25.3. The number of Topliss-reactive ketones (excluding diaryl/α,β-unsaturated/α-hetero) is 1. The van der Waals surface area contributed by atoms with Crippen LogP contribution in [0.15, 0.2) is 42.5 Å². The van der Waals surface area contributed by atoms with Gasteiger partial charge in [-0.2, -0.15) is 0 Å². The molecule has 0 spiro atoms. The third-order valence-corrected chi connectivity index (χ3v) is 5.51. The lowest BCUT2D eigenvalue weighted by Gasteiger charge is -2.13. The summed E-state index contributed by atoms with van der Waals surface area (Å²) in [5.74, 6) is -0.404. The maximum Gasteiger partial charge on any atom is 0.337 e. The number of benzene rings is 2. The molecule has 0 bridgehead atoms. The van der Waals surface area contributed by atoms with Gasteiger partial charge in [-0.25, -0.2) is 4.79 Å². The molecule has 0 aliphatic carbocycles. The molecule has 0 radical (unpaired) electrons. The molecule has 0 N–H and O–H groups in total. The average molecular weight is 412 g/mol. The minimum Gasteiger partial charge on any atom is -0.465 e. The minimum absolute atomic E-state index is 0.113. The molecule has 0 fully saturated rings. The van der Waals surface area contributed by atoms with E-state index in [4.69, 9.17) is 16.3 Å². The predicted molar refractivity (Wildman–Crippen MR) is 117 cm³/mol. The second kappa shape index (κ2) is 8.83. The minimum atomic E-state index is -0.397. The van der Waals surface area contributed by atoms with E-state index in [0.29, 0.717) is 17.1 Å². The molecule has 3 aromatic rings. The SMILES string of the molecule is CCCc1c(C(=O)C(C)C)c2ccc(C(=O)OC)cc2n1Cc1ccccc1Cl. The van der Waals surface area contributed by atoms with Crippen LogP contribution >= 0.6 is 11.6 Å². The number of carbonyl (C=O) groups is 2. The van der Waals surface area contributed by atoms with Crippen LogP contribution in [-0.2, 0) is 17.7 Å². The van der Waals surface area contributed by atoms with E-state index in [1.807, 2.05) is 50.2 Å². The van der Waals surface area contributed by atoms with Crippen molar-refractivity contribution < 1.29 is 14.3 Å². The Balaban J connectivity index is 2.32. The number of rotatable bonds is 7. The van der Waals surface area contributed by atoms with E-state index in [1.165, 1.54) is 7.11 Å². The second-order valence-electron chi connectivity index (χ2n) is 7.49. The Kier molecular flexibility index (Phi) is 6.43. The highest BCUT2D eigenvalue weighted by Gasteiger charge is 2.25. The van der Waals surface area contributed by atoms with E-state index in [2.05, 4.69) is 11.5 Å². The first kappa shape index (κ1) is 21.1. The maximum absolute atomic E-state index is 13.1. The number of nitrogens with zero attached hydrogens (tertiary/aromatic N) is 1. The highest BCUT2D eigenvalue weighted by molar-refractivity contribution is 6.31. The van der Waals surface area contributed by atoms with Gasteiger partial charge < -0.3 is 9.30 Å². The number of methoxy groups -OCH3 is 1. The lowest BCUT2D eigenvalue weighted by molar-refractivity contribution is 0.0600. The molecule has 1 heterocycles. The molecule has 0 aliphatic rings. The molecule has 0 amide bonds. The monoisotopic (exact) mass is 411 g/mol. The van der Waals surface area contributed by atoms with E-state index in [0.717, 1.165) is 40.6 Å². The Labute approximate surface area is 176 Å². The summed E-state index contributed by atoms with van der Waals surface area (Å²) >= 11 is 6.42. The first-order valence-electron chi connectivity index (χ1n) is 9.90. The van der Waals surface area contributed by atoms with E-state index in [9.17, 15) is 9.59 Å². The fourth-order valence-corrected chi connectivity index (χ4v) is 3.88. The highest BCUT2D eigenvalue weighted by Crippen LogP contribution is 2.32. The Morgan fingerprint density at radius 3 is 2.48 bits per heavy atom. The summed E-state index contributed by atoms with van der Waals surface area (Å²) in [6, 6.07) is 13.1. The Morgan fingerprint density at radius 1 is 1.14 bits per heavy atom. The summed E-state index contributed by atoms with van der Waals surface area (Å²) in [6.45, 7) is 6.46. The second-order valence-corrected chi connectivity index (χ2v) is 7.90. The van der Waals surface area contributed by atoms with Crippen molar-refractivity contribution >= 4 is 34.3 Å². The van der Waals surface area contributed by atoms with Crippen LogP contribution in [0.4, 0.5) is 0 Å². The van der Waals surface area contributed by atoms with Gasteiger partial charge in [-0.15, -0.1) is 0 Å². The molecule has 0 unspecified atom stereocenters. The van der Waals surface area contributed by atoms with E-state index in [-0.39, 0.29) is 11.7 Å². The third-order valence-electron chi connectivity index (χ3n) is 5.14. The number of hydrogen-bond donors (Lipinski definition) is 0. The predicted octanol–water partition coefficient (Wildman–Crippen LogP) is 5.92. The summed E-state index contributed by atoms with van der Waals surface area (Å²) < 4.78 is 7.02. The van der Waals surface area contributed by atoms with Gasteiger partial charge in [-0.3, -0.25) is 4.79 Å².